The molecule has 1 aromatic heterocycles. The van der Waals surface area contributed by atoms with Gasteiger partial charge >= 0.3 is 5.63 Å². The van der Waals surface area contributed by atoms with E-state index in [1.54, 1.807) is 6.08 Å². The number of hydrogen-bond donors (Lipinski definition) is 2. The van der Waals surface area contributed by atoms with Crippen molar-refractivity contribution in [3.05, 3.63) is 27.0 Å². The van der Waals surface area contributed by atoms with E-state index in [1.807, 2.05) is 27.7 Å². The zero-order chi connectivity index (χ0) is 20.9. The van der Waals surface area contributed by atoms with Gasteiger partial charge in [-0.3, -0.25) is 4.79 Å². The van der Waals surface area contributed by atoms with Crippen molar-refractivity contribution in [1.82, 2.24) is 10.3 Å². The minimum atomic E-state index is -0.383. The van der Waals surface area contributed by atoms with Gasteiger partial charge in [0.25, 0.3) is 11.9 Å². The van der Waals surface area contributed by atoms with Gasteiger partial charge in [0.15, 0.2) is 0 Å². The molecule has 2 N–H and O–H groups in total. The van der Waals surface area contributed by atoms with Crippen LogP contribution in [0.25, 0.3) is 0 Å². The van der Waals surface area contributed by atoms with Gasteiger partial charge in [-0.1, -0.05) is 77.6 Å². The summed E-state index contributed by atoms with van der Waals surface area (Å²) in [5, 5.41) is 6.44. The van der Waals surface area contributed by atoms with Gasteiger partial charge in [-0.05, 0) is 13.3 Å². The molecule has 1 aliphatic heterocycles. The molecule has 7 heteroatoms. The van der Waals surface area contributed by atoms with Crippen molar-refractivity contribution in [2.45, 2.75) is 84.1 Å². The second-order valence-electron chi connectivity index (χ2n) is 6.50. The Labute approximate surface area is 173 Å². The number of amides is 1. The molecule has 0 fully saturated rings. The van der Waals surface area contributed by atoms with E-state index < -0.39 is 0 Å². The van der Waals surface area contributed by atoms with E-state index in [-0.39, 0.29) is 23.5 Å². The number of fused-ring (bicyclic) bond motifs is 1. The van der Waals surface area contributed by atoms with Gasteiger partial charge in [-0.25, -0.2) is 4.79 Å². The van der Waals surface area contributed by atoms with Crippen LogP contribution in [0, 0.1) is 0 Å². The highest BCUT2D eigenvalue weighted by Gasteiger charge is 2.27. The molecule has 2 heterocycles. The number of allylic oxidation sites excluding steroid dienone is 1. The summed E-state index contributed by atoms with van der Waals surface area (Å²) in [6, 6.07) is 0.235. The second-order valence-corrected chi connectivity index (χ2v) is 7.53. The first-order valence-electron chi connectivity index (χ1n) is 10.5. The predicted octanol–water partition coefficient (Wildman–Crippen LogP) is 5.06. The first-order chi connectivity index (χ1) is 13.6. The largest absolute Gasteiger partial charge is 0.389 e. The van der Waals surface area contributed by atoms with E-state index in [0.29, 0.717) is 22.0 Å². The highest BCUT2D eigenvalue weighted by molar-refractivity contribution is 8.04. The fraction of sp³-hybridized carbons (Fsp3) is 0.667. The SMILES string of the molecule is CC.CCCCCCCCNc1nc2c(c(=O)o1)C(C)C=C(C(=O)NCC)S2. The third-order valence-electron chi connectivity index (χ3n) is 4.27. The maximum absolute atomic E-state index is 12.3. The highest BCUT2D eigenvalue weighted by atomic mass is 32.2. The van der Waals surface area contributed by atoms with E-state index in [9.17, 15) is 9.59 Å². The quantitative estimate of drug-likeness (QED) is 0.525. The number of likely N-dealkylation sites (N-methyl/N-ethyl adjacent to an activating group) is 1. The van der Waals surface area contributed by atoms with Gasteiger partial charge in [-0.2, -0.15) is 4.98 Å². The van der Waals surface area contributed by atoms with Crippen LogP contribution in [-0.4, -0.2) is 24.0 Å². The van der Waals surface area contributed by atoms with Crippen LogP contribution in [0.1, 0.15) is 84.6 Å². The van der Waals surface area contributed by atoms with Gasteiger partial charge in [-0.15, -0.1) is 0 Å². The maximum Gasteiger partial charge on any atom is 0.345 e. The second kappa shape index (κ2) is 13.4. The first kappa shape index (κ1) is 24.3. The van der Waals surface area contributed by atoms with Gasteiger partial charge in [0.2, 0.25) is 0 Å². The molecule has 0 aliphatic carbocycles. The third kappa shape index (κ3) is 7.34. The lowest BCUT2D eigenvalue weighted by molar-refractivity contribution is -0.116. The number of nitrogens with one attached hydrogen (secondary N) is 2. The van der Waals surface area contributed by atoms with Crippen LogP contribution in [0.3, 0.4) is 0 Å². The van der Waals surface area contributed by atoms with Crippen molar-refractivity contribution < 1.29 is 9.21 Å². The number of aromatic nitrogens is 1. The lowest BCUT2D eigenvalue weighted by atomic mass is 10.0. The highest BCUT2D eigenvalue weighted by Crippen LogP contribution is 2.38. The minimum absolute atomic E-state index is 0.133. The van der Waals surface area contributed by atoms with Crippen LogP contribution in [0.5, 0.6) is 0 Å². The van der Waals surface area contributed by atoms with Crippen molar-refractivity contribution in [3.8, 4) is 0 Å². The van der Waals surface area contributed by atoms with Crippen molar-refractivity contribution in [2.75, 3.05) is 18.4 Å². The van der Waals surface area contributed by atoms with Crippen LogP contribution in [0.15, 0.2) is 25.2 Å². The average molecular weight is 410 g/mol. The Bertz CT molecular complexity index is 701. The minimum Gasteiger partial charge on any atom is -0.389 e. The molecule has 1 atom stereocenters. The van der Waals surface area contributed by atoms with Crippen molar-refractivity contribution in [3.63, 3.8) is 0 Å². The van der Waals surface area contributed by atoms with Gasteiger partial charge in [0, 0.05) is 19.0 Å². The summed E-state index contributed by atoms with van der Waals surface area (Å²) in [6.45, 7) is 11.2. The zero-order valence-electron chi connectivity index (χ0n) is 17.9. The number of carbonyl (C=O) groups excluding carboxylic acids is 1. The van der Waals surface area contributed by atoms with E-state index in [1.165, 1.54) is 37.4 Å². The molecule has 0 bridgehead atoms. The lowest BCUT2D eigenvalue weighted by Gasteiger charge is -2.19. The Kier molecular flexibility index (Phi) is 11.6. The molecule has 0 spiro atoms. The molecule has 2 rings (SSSR count). The standard InChI is InChI=1S/C19H29N3O3S.C2H6/c1-4-6-7-8-9-10-11-21-19-22-17-15(18(24)25-19)13(3)12-14(26-17)16(23)20-5-2;1-2/h12-13H,4-11H2,1-3H3,(H,20,23)(H,21,22);1-2H3. The molecular formula is C21H35N3O3S. The molecule has 6 nitrogen and oxygen atoms in total. The molecule has 0 saturated heterocycles. The number of unbranched alkanes of at least 4 members (excludes halogenated alkanes) is 5. The number of anilines is 1. The molecule has 1 aliphatic rings. The maximum atomic E-state index is 12.3. The van der Waals surface area contributed by atoms with E-state index in [4.69, 9.17) is 4.42 Å². The van der Waals surface area contributed by atoms with Crippen molar-refractivity contribution in [2.24, 2.45) is 0 Å². The Balaban J connectivity index is 0.00000190. The molecule has 0 aromatic carbocycles. The molecule has 158 valence electrons. The fourth-order valence-corrected chi connectivity index (χ4v) is 4.01. The predicted molar refractivity (Wildman–Crippen MR) is 117 cm³/mol. The summed E-state index contributed by atoms with van der Waals surface area (Å²) in [5.41, 5.74) is 0.139. The Morgan fingerprint density at radius 2 is 1.86 bits per heavy atom. The Morgan fingerprint density at radius 3 is 2.54 bits per heavy atom. The molecular weight excluding hydrogens is 374 g/mol. The Morgan fingerprint density at radius 1 is 1.18 bits per heavy atom. The van der Waals surface area contributed by atoms with Gasteiger partial charge in [0.1, 0.15) is 5.03 Å². The van der Waals surface area contributed by atoms with Gasteiger partial charge in [0.05, 0.1) is 10.5 Å². The van der Waals surface area contributed by atoms with E-state index in [2.05, 4.69) is 22.5 Å². The zero-order valence-corrected chi connectivity index (χ0v) is 18.7. The normalized spacial score (nSPS) is 15.0. The number of carbonyl (C=O) groups is 1. The topological polar surface area (TPSA) is 84.2 Å². The number of thioether (sulfide) groups is 1. The average Bonchev–Trinajstić information content (AvgIpc) is 2.68. The number of hydrogen-bond acceptors (Lipinski definition) is 6. The molecule has 1 aromatic rings. The fourth-order valence-electron chi connectivity index (χ4n) is 2.86. The van der Waals surface area contributed by atoms with Crippen LogP contribution >= 0.6 is 11.8 Å². The summed E-state index contributed by atoms with van der Waals surface area (Å²) in [4.78, 5) is 29.4. The summed E-state index contributed by atoms with van der Waals surface area (Å²) >= 11 is 1.23. The summed E-state index contributed by atoms with van der Waals surface area (Å²) in [7, 11) is 0. The smallest absolute Gasteiger partial charge is 0.345 e. The monoisotopic (exact) mass is 409 g/mol. The number of rotatable bonds is 10. The third-order valence-corrected chi connectivity index (χ3v) is 5.32. The van der Waals surface area contributed by atoms with Crippen molar-refractivity contribution >= 4 is 23.7 Å². The van der Waals surface area contributed by atoms with Crippen molar-refractivity contribution in [1.29, 1.82) is 0 Å². The molecule has 1 amide bonds. The lowest BCUT2D eigenvalue weighted by Crippen LogP contribution is -2.26. The molecule has 28 heavy (non-hydrogen) atoms. The first-order valence-corrected chi connectivity index (χ1v) is 11.3. The molecule has 0 radical (unpaired) electrons. The summed E-state index contributed by atoms with van der Waals surface area (Å²) in [5.74, 6) is -0.327. The van der Waals surface area contributed by atoms with Crippen LogP contribution in [0.2, 0.25) is 0 Å². The van der Waals surface area contributed by atoms with Crippen LogP contribution in [-0.2, 0) is 4.79 Å². The summed E-state index contributed by atoms with van der Waals surface area (Å²) in [6.07, 6.45) is 8.98. The summed E-state index contributed by atoms with van der Waals surface area (Å²) < 4.78 is 5.31. The van der Waals surface area contributed by atoms with Crippen LogP contribution < -0.4 is 16.3 Å². The molecule has 1 unspecified atom stereocenters. The van der Waals surface area contributed by atoms with Gasteiger partial charge < -0.3 is 15.1 Å². The van der Waals surface area contributed by atoms with E-state index in [0.717, 1.165) is 19.4 Å². The molecule has 0 saturated carbocycles. The Hall–Kier alpha value is -1.76. The van der Waals surface area contributed by atoms with E-state index >= 15 is 0 Å². The number of nitrogens with zero attached hydrogens (tertiary/aromatic N) is 1. The van der Waals surface area contributed by atoms with Crippen LogP contribution in [0.4, 0.5) is 6.01 Å².